The van der Waals surface area contributed by atoms with E-state index in [4.69, 9.17) is 11.6 Å². The summed E-state index contributed by atoms with van der Waals surface area (Å²) in [7, 11) is 0. The second-order valence-corrected chi connectivity index (χ2v) is 8.98. The van der Waals surface area contributed by atoms with Crippen molar-refractivity contribution in [2.45, 2.75) is 17.1 Å². The molecule has 6 nitrogen and oxygen atoms in total. The van der Waals surface area contributed by atoms with Crippen LogP contribution in [0, 0.1) is 0 Å². The second kappa shape index (κ2) is 9.61. The van der Waals surface area contributed by atoms with Crippen molar-refractivity contribution in [3.05, 3.63) is 33.8 Å². The number of amides is 1. The molecule has 1 amide bonds. The van der Waals surface area contributed by atoms with Gasteiger partial charge in [0.25, 0.3) is 0 Å². The Bertz CT molecular complexity index is 856. The largest absolute Gasteiger partial charge is 0.417 e. The molecule has 1 N–H and O–H groups in total. The number of hydrogen-bond acceptors (Lipinski definition) is 7. The van der Waals surface area contributed by atoms with Crippen LogP contribution in [0.3, 0.4) is 0 Å². The van der Waals surface area contributed by atoms with Crippen molar-refractivity contribution >= 4 is 46.3 Å². The molecule has 0 atom stereocenters. The highest BCUT2D eigenvalue weighted by atomic mass is 35.5. The van der Waals surface area contributed by atoms with E-state index >= 15 is 0 Å². The molecule has 3 rings (SSSR count). The Morgan fingerprint density at radius 1 is 1.24 bits per heavy atom. The molecule has 2 heterocycles. The Labute approximate surface area is 179 Å². The number of carbonyl (C=O) groups is 1. The molecule has 1 saturated heterocycles. The summed E-state index contributed by atoms with van der Waals surface area (Å²) in [6.45, 7) is 3.78. The Balaban J connectivity index is 1.47. The zero-order valence-corrected chi connectivity index (χ0v) is 17.9. The average molecular weight is 466 g/mol. The van der Waals surface area contributed by atoms with Crippen LogP contribution in [-0.2, 0) is 17.5 Å². The topological polar surface area (TPSA) is 61.4 Å². The fourth-order valence-corrected chi connectivity index (χ4v) is 4.49. The predicted molar refractivity (Wildman–Crippen MR) is 108 cm³/mol. The third-order valence-electron chi connectivity index (χ3n) is 4.37. The van der Waals surface area contributed by atoms with Crippen LogP contribution < -0.4 is 5.32 Å². The standard InChI is InChI=1S/C17H19ClF3N5OS2/c1-28-16-24-23-15(29-16)10-26-6-4-25(5-7-26)9-14(27)22-11-2-3-13(18)12(8-11)17(19,20)21/h2-3,8H,4-7,9-10H2,1H3,(H,22,27). The van der Waals surface area contributed by atoms with Crippen molar-refractivity contribution in [3.8, 4) is 0 Å². The molecule has 0 unspecified atom stereocenters. The number of thioether (sulfide) groups is 1. The lowest BCUT2D eigenvalue weighted by atomic mass is 10.2. The lowest BCUT2D eigenvalue weighted by Crippen LogP contribution is -2.48. The van der Waals surface area contributed by atoms with Crippen LogP contribution in [0.4, 0.5) is 18.9 Å². The number of benzene rings is 1. The van der Waals surface area contributed by atoms with E-state index in [1.165, 1.54) is 6.07 Å². The van der Waals surface area contributed by atoms with Gasteiger partial charge in [0, 0.05) is 31.9 Å². The summed E-state index contributed by atoms with van der Waals surface area (Å²) in [6.07, 6.45) is -2.61. The van der Waals surface area contributed by atoms with Crippen molar-refractivity contribution in [2.75, 3.05) is 44.3 Å². The van der Waals surface area contributed by atoms with E-state index in [-0.39, 0.29) is 18.1 Å². The fraction of sp³-hybridized carbons (Fsp3) is 0.471. The maximum Gasteiger partial charge on any atom is 0.417 e. The van der Waals surface area contributed by atoms with Crippen molar-refractivity contribution in [1.29, 1.82) is 0 Å². The molecule has 1 aromatic heterocycles. The van der Waals surface area contributed by atoms with Crippen LogP contribution in [-0.4, -0.2) is 64.9 Å². The van der Waals surface area contributed by atoms with E-state index in [1.54, 1.807) is 23.1 Å². The van der Waals surface area contributed by atoms with Crippen LogP contribution in [0.5, 0.6) is 0 Å². The Morgan fingerprint density at radius 3 is 2.55 bits per heavy atom. The zero-order chi connectivity index (χ0) is 21.0. The van der Waals surface area contributed by atoms with Crippen LogP contribution in [0.25, 0.3) is 0 Å². The van der Waals surface area contributed by atoms with Gasteiger partial charge in [-0.05, 0) is 24.5 Å². The monoisotopic (exact) mass is 465 g/mol. The molecular formula is C17H19ClF3N5OS2. The molecule has 1 aromatic carbocycles. The minimum atomic E-state index is -4.57. The van der Waals surface area contributed by atoms with E-state index in [2.05, 4.69) is 20.4 Å². The van der Waals surface area contributed by atoms with Crippen LogP contribution >= 0.6 is 34.7 Å². The Morgan fingerprint density at radius 2 is 1.93 bits per heavy atom. The molecule has 1 fully saturated rings. The van der Waals surface area contributed by atoms with E-state index in [0.29, 0.717) is 13.1 Å². The number of anilines is 1. The van der Waals surface area contributed by atoms with Gasteiger partial charge < -0.3 is 5.32 Å². The molecule has 158 valence electrons. The third kappa shape index (κ3) is 6.29. The molecule has 12 heteroatoms. The molecule has 0 radical (unpaired) electrons. The minimum absolute atomic E-state index is 0.0752. The number of nitrogens with one attached hydrogen (secondary N) is 1. The summed E-state index contributed by atoms with van der Waals surface area (Å²) in [6, 6.07) is 3.34. The number of aromatic nitrogens is 2. The number of carbonyl (C=O) groups excluding carboxylic acids is 1. The van der Waals surface area contributed by atoms with E-state index in [0.717, 1.165) is 41.1 Å². The first-order valence-corrected chi connectivity index (χ1v) is 11.1. The maximum atomic E-state index is 12.9. The van der Waals surface area contributed by atoms with Crippen molar-refractivity contribution in [3.63, 3.8) is 0 Å². The van der Waals surface area contributed by atoms with Crippen LogP contribution in [0.15, 0.2) is 22.5 Å². The van der Waals surface area contributed by atoms with Crippen molar-refractivity contribution in [1.82, 2.24) is 20.0 Å². The summed E-state index contributed by atoms with van der Waals surface area (Å²) in [4.78, 5) is 16.5. The predicted octanol–water partition coefficient (Wildman–Crippen LogP) is 3.69. The van der Waals surface area contributed by atoms with E-state index in [1.807, 2.05) is 11.2 Å². The van der Waals surface area contributed by atoms with Gasteiger partial charge in [-0.1, -0.05) is 34.7 Å². The summed E-state index contributed by atoms with van der Waals surface area (Å²) in [5, 5.41) is 11.3. The first-order chi connectivity index (χ1) is 13.7. The van der Waals surface area contributed by atoms with Crippen molar-refractivity contribution in [2.24, 2.45) is 0 Å². The number of halogens is 4. The third-order valence-corrected chi connectivity index (χ3v) is 6.58. The Kier molecular flexibility index (Phi) is 7.38. The first kappa shape index (κ1) is 22.3. The highest BCUT2D eigenvalue weighted by molar-refractivity contribution is 8.00. The molecule has 29 heavy (non-hydrogen) atoms. The molecular weight excluding hydrogens is 447 g/mol. The van der Waals surface area contributed by atoms with Gasteiger partial charge in [0.05, 0.1) is 23.7 Å². The fourth-order valence-electron chi connectivity index (χ4n) is 2.91. The van der Waals surface area contributed by atoms with Gasteiger partial charge in [-0.15, -0.1) is 10.2 Å². The van der Waals surface area contributed by atoms with Crippen molar-refractivity contribution < 1.29 is 18.0 Å². The molecule has 0 bridgehead atoms. The van der Waals surface area contributed by atoms with Gasteiger partial charge >= 0.3 is 6.18 Å². The molecule has 1 aliphatic heterocycles. The van der Waals surface area contributed by atoms with Crippen LogP contribution in [0.1, 0.15) is 10.6 Å². The highest BCUT2D eigenvalue weighted by Crippen LogP contribution is 2.36. The quantitative estimate of drug-likeness (QED) is 0.656. The smallest absolute Gasteiger partial charge is 0.325 e. The second-order valence-electron chi connectivity index (χ2n) is 6.46. The molecule has 0 aliphatic carbocycles. The summed E-state index contributed by atoms with van der Waals surface area (Å²) in [5.74, 6) is -0.359. The molecule has 0 spiro atoms. The van der Waals surface area contributed by atoms with Gasteiger partial charge in [0.1, 0.15) is 5.01 Å². The highest BCUT2D eigenvalue weighted by Gasteiger charge is 2.33. The molecule has 1 aliphatic rings. The van der Waals surface area contributed by atoms with Gasteiger partial charge in [-0.3, -0.25) is 14.6 Å². The number of piperazine rings is 1. The number of rotatable bonds is 6. The minimum Gasteiger partial charge on any atom is -0.325 e. The zero-order valence-electron chi connectivity index (χ0n) is 15.5. The Hall–Kier alpha value is -1.40. The summed E-state index contributed by atoms with van der Waals surface area (Å²) in [5.41, 5.74) is -0.891. The lowest BCUT2D eigenvalue weighted by Gasteiger charge is -2.33. The van der Waals surface area contributed by atoms with Gasteiger partial charge in [0.2, 0.25) is 5.91 Å². The average Bonchev–Trinajstić information content (AvgIpc) is 3.11. The number of hydrogen-bond donors (Lipinski definition) is 1. The van der Waals surface area contributed by atoms with Crippen LogP contribution in [0.2, 0.25) is 5.02 Å². The van der Waals surface area contributed by atoms with Gasteiger partial charge in [-0.25, -0.2) is 0 Å². The summed E-state index contributed by atoms with van der Waals surface area (Å²) >= 11 is 8.74. The number of nitrogens with zero attached hydrogens (tertiary/aromatic N) is 4. The maximum absolute atomic E-state index is 12.9. The first-order valence-electron chi connectivity index (χ1n) is 8.72. The SMILES string of the molecule is CSc1nnc(CN2CCN(CC(=O)Nc3ccc(Cl)c(C(F)(F)F)c3)CC2)s1. The normalized spacial score (nSPS) is 16.2. The summed E-state index contributed by atoms with van der Waals surface area (Å²) < 4.78 is 39.7. The molecule has 2 aromatic rings. The van der Waals surface area contributed by atoms with Gasteiger partial charge in [-0.2, -0.15) is 13.2 Å². The molecule has 0 saturated carbocycles. The van der Waals surface area contributed by atoms with E-state index < -0.39 is 16.8 Å². The van der Waals surface area contributed by atoms with E-state index in [9.17, 15) is 18.0 Å². The lowest BCUT2D eigenvalue weighted by molar-refractivity contribution is -0.137. The number of alkyl halides is 3. The van der Waals surface area contributed by atoms with Gasteiger partial charge in [0.15, 0.2) is 4.34 Å².